The van der Waals surface area contributed by atoms with Crippen LogP contribution in [-0.4, -0.2) is 35.5 Å². The van der Waals surface area contributed by atoms with Gasteiger partial charge in [-0.05, 0) is 46.5 Å². The second-order valence-corrected chi connectivity index (χ2v) is 5.94. The van der Waals surface area contributed by atoms with Gasteiger partial charge in [-0.3, -0.25) is 4.79 Å². The van der Waals surface area contributed by atoms with Crippen molar-refractivity contribution in [2.45, 2.75) is 26.3 Å². The highest BCUT2D eigenvalue weighted by Gasteiger charge is 2.15. The van der Waals surface area contributed by atoms with Crippen molar-refractivity contribution in [1.29, 1.82) is 0 Å². The van der Waals surface area contributed by atoms with Crippen LogP contribution in [0.3, 0.4) is 0 Å². The summed E-state index contributed by atoms with van der Waals surface area (Å²) < 4.78 is 0.577. The van der Waals surface area contributed by atoms with Crippen molar-refractivity contribution >= 4 is 21.8 Å². The topological polar surface area (TPSA) is 66.6 Å². The molecule has 1 atom stereocenters. The molecule has 0 radical (unpaired) electrons. The molecule has 4 nitrogen and oxygen atoms in total. The highest BCUT2D eigenvalue weighted by Crippen LogP contribution is 2.24. The summed E-state index contributed by atoms with van der Waals surface area (Å²) in [5, 5.41) is 9.58. The Balaban J connectivity index is 2.64. The van der Waals surface area contributed by atoms with E-state index in [1.807, 2.05) is 0 Å². The van der Waals surface area contributed by atoms with Gasteiger partial charge in [0.1, 0.15) is 5.75 Å². The Morgan fingerprint density at radius 1 is 1.47 bits per heavy atom. The van der Waals surface area contributed by atoms with Crippen LogP contribution in [0.4, 0.5) is 0 Å². The second-order valence-electron chi connectivity index (χ2n) is 5.09. The molecule has 5 heteroatoms. The molecule has 0 saturated heterocycles. The van der Waals surface area contributed by atoms with Crippen LogP contribution in [-0.2, 0) is 0 Å². The first-order valence-electron chi connectivity index (χ1n) is 6.32. The third-order valence-electron chi connectivity index (χ3n) is 3.19. The third kappa shape index (κ3) is 4.51. The van der Waals surface area contributed by atoms with Gasteiger partial charge in [-0.1, -0.05) is 13.8 Å². The minimum absolute atomic E-state index is 0.0677. The molecule has 1 amide bonds. The van der Waals surface area contributed by atoms with E-state index in [2.05, 4.69) is 29.8 Å². The minimum atomic E-state index is -0.112. The molecule has 0 aliphatic carbocycles. The van der Waals surface area contributed by atoms with E-state index in [0.29, 0.717) is 22.5 Å². The van der Waals surface area contributed by atoms with Crippen molar-refractivity contribution in [3.05, 3.63) is 28.2 Å². The Kier molecular flexibility index (Phi) is 5.82. The maximum Gasteiger partial charge on any atom is 0.253 e. The number of carbonyl (C=O) groups is 1. The molecule has 0 fully saturated rings. The summed E-state index contributed by atoms with van der Waals surface area (Å²) in [6, 6.07) is 4.90. The zero-order valence-corrected chi connectivity index (χ0v) is 13.1. The van der Waals surface area contributed by atoms with Crippen molar-refractivity contribution in [2.24, 2.45) is 11.7 Å². The van der Waals surface area contributed by atoms with Gasteiger partial charge in [0.05, 0.1) is 4.47 Å². The van der Waals surface area contributed by atoms with Gasteiger partial charge in [0.15, 0.2) is 0 Å². The van der Waals surface area contributed by atoms with E-state index in [1.165, 1.54) is 6.07 Å². The molecular formula is C14H21BrN2O2. The number of amides is 1. The highest BCUT2D eigenvalue weighted by atomic mass is 79.9. The van der Waals surface area contributed by atoms with Gasteiger partial charge in [-0.2, -0.15) is 0 Å². The normalized spacial score (nSPS) is 12.5. The molecule has 1 rings (SSSR count). The zero-order chi connectivity index (χ0) is 14.6. The zero-order valence-electron chi connectivity index (χ0n) is 11.6. The van der Waals surface area contributed by atoms with E-state index in [9.17, 15) is 9.90 Å². The number of rotatable bonds is 5. The molecule has 0 aromatic heterocycles. The standard InChI is InChI=1S/C14H21BrN2O2/c1-9(2)12(16)6-7-17(3)14(19)10-4-5-11(15)13(18)8-10/h4-5,8-9,12,18H,6-7,16H2,1-3H3. The first-order chi connectivity index (χ1) is 8.82. The Labute approximate surface area is 122 Å². The largest absolute Gasteiger partial charge is 0.507 e. The molecule has 0 saturated carbocycles. The summed E-state index contributed by atoms with van der Waals surface area (Å²) >= 11 is 3.19. The lowest BCUT2D eigenvalue weighted by Gasteiger charge is -2.21. The molecule has 106 valence electrons. The summed E-state index contributed by atoms with van der Waals surface area (Å²) in [6.45, 7) is 4.74. The van der Waals surface area contributed by atoms with Crippen molar-refractivity contribution in [3.63, 3.8) is 0 Å². The third-order valence-corrected chi connectivity index (χ3v) is 3.86. The fourth-order valence-corrected chi connectivity index (χ4v) is 1.89. The molecule has 3 N–H and O–H groups in total. The van der Waals surface area contributed by atoms with Crippen LogP contribution in [0.1, 0.15) is 30.6 Å². The second kappa shape index (κ2) is 6.91. The summed E-state index contributed by atoms with van der Waals surface area (Å²) in [5.41, 5.74) is 6.44. The molecule has 0 bridgehead atoms. The van der Waals surface area contributed by atoms with Gasteiger partial charge in [0.2, 0.25) is 0 Å². The van der Waals surface area contributed by atoms with Crippen LogP contribution in [0.2, 0.25) is 0 Å². The van der Waals surface area contributed by atoms with Crippen LogP contribution in [0.5, 0.6) is 5.75 Å². The van der Waals surface area contributed by atoms with E-state index in [-0.39, 0.29) is 17.7 Å². The van der Waals surface area contributed by atoms with Crippen LogP contribution in [0, 0.1) is 5.92 Å². The van der Waals surface area contributed by atoms with E-state index in [4.69, 9.17) is 5.73 Å². The fraction of sp³-hybridized carbons (Fsp3) is 0.500. The maximum atomic E-state index is 12.1. The van der Waals surface area contributed by atoms with Gasteiger partial charge >= 0.3 is 0 Å². The predicted octanol–water partition coefficient (Wildman–Crippen LogP) is 2.60. The number of phenols is 1. The molecule has 0 aliphatic heterocycles. The number of aromatic hydroxyl groups is 1. The average Bonchev–Trinajstić information content (AvgIpc) is 2.37. The minimum Gasteiger partial charge on any atom is -0.507 e. The monoisotopic (exact) mass is 328 g/mol. The van der Waals surface area contributed by atoms with E-state index >= 15 is 0 Å². The highest BCUT2D eigenvalue weighted by molar-refractivity contribution is 9.10. The first kappa shape index (κ1) is 16.0. The molecule has 0 spiro atoms. The lowest BCUT2D eigenvalue weighted by Crippen LogP contribution is -2.34. The van der Waals surface area contributed by atoms with Crippen LogP contribution < -0.4 is 5.73 Å². The SMILES string of the molecule is CC(C)C(N)CCN(C)C(=O)c1ccc(Br)c(O)c1. The smallest absolute Gasteiger partial charge is 0.253 e. The van der Waals surface area contributed by atoms with Gasteiger partial charge in [-0.15, -0.1) is 0 Å². The number of hydrogen-bond donors (Lipinski definition) is 2. The molecule has 19 heavy (non-hydrogen) atoms. The summed E-state index contributed by atoms with van der Waals surface area (Å²) in [6.07, 6.45) is 0.766. The Morgan fingerprint density at radius 3 is 2.63 bits per heavy atom. The van der Waals surface area contributed by atoms with Crippen LogP contribution in [0.15, 0.2) is 22.7 Å². The number of halogens is 1. The first-order valence-corrected chi connectivity index (χ1v) is 7.11. The lowest BCUT2D eigenvalue weighted by molar-refractivity contribution is 0.0788. The van der Waals surface area contributed by atoms with E-state index < -0.39 is 0 Å². The van der Waals surface area contributed by atoms with Gasteiger partial charge < -0.3 is 15.7 Å². The molecular weight excluding hydrogens is 308 g/mol. The number of phenolic OH excluding ortho intramolecular Hbond substituents is 1. The molecule has 0 aliphatic rings. The summed E-state index contributed by atoms with van der Waals surface area (Å²) in [4.78, 5) is 13.8. The van der Waals surface area contributed by atoms with Crippen LogP contribution >= 0.6 is 15.9 Å². The van der Waals surface area contributed by atoms with Crippen molar-refractivity contribution < 1.29 is 9.90 Å². The molecule has 1 aromatic rings. The fourth-order valence-electron chi connectivity index (χ4n) is 1.64. The van der Waals surface area contributed by atoms with Crippen molar-refractivity contribution in [1.82, 2.24) is 4.90 Å². The number of benzene rings is 1. The number of hydrogen-bond acceptors (Lipinski definition) is 3. The number of carbonyl (C=O) groups excluding carboxylic acids is 1. The van der Waals surface area contributed by atoms with Crippen molar-refractivity contribution in [3.8, 4) is 5.75 Å². The maximum absolute atomic E-state index is 12.1. The van der Waals surface area contributed by atoms with Crippen LogP contribution in [0.25, 0.3) is 0 Å². The number of nitrogens with zero attached hydrogens (tertiary/aromatic N) is 1. The molecule has 1 aromatic carbocycles. The quantitative estimate of drug-likeness (QED) is 0.873. The number of nitrogens with two attached hydrogens (primary N) is 1. The average molecular weight is 329 g/mol. The van der Waals surface area contributed by atoms with E-state index in [0.717, 1.165) is 6.42 Å². The van der Waals surface area contributed by atoms with Gasteiger partial charge in [-0.25, -0.2) is 0 Å². The molecule has 1 unspecified atom stereocenters. The Bertz CT molecular complexity index is 449. The van der Waals surface area contributed by atoms with Gasteiger partial charge in [0, 0.05) is 25.2 Å². The Morgan fingerprint density at radius 2 is 2.11 bits per heavy atom. The van der Waals surface area contributed by atoms with E-state index in [1.54, 1.807) is 24.1 Å². The van der Waals surface area contributed by atoms with Gasteiger partial charge in [0.25, 0.3) is 5.91 Å². The lowest BCUT2D eigenvalue weighted by atomic mass is 10.0. The Hall–Kier alpha value is -1.07. The predicted molar refractivity (Wildman–Crippen MR) is 80.2 cm³/mol. The summed E-state index contributed by atoms with van der Waals surface area (Å²) in [5.74, 6) is 0.358. The summed E-state index contributed by atoms with van der Waals surface area (Å²) in [7, 11) is 1.74. The van der Waals surface area contributed by atoms with Crippen molar-refractivity contribution in [2.75, 3.05) is 13.6 Å². The molecule has 0 heterocycles.